The first kappa shape index (κ1) is 13.4. The third-order valence-corrected chi connectivity index (χ3v) is 1.86. The molecule has 0 fully saturated rings. The number of anilines is 1. The van der Waals surface area contributed by atoms with Crippen LogP contribution in [0.1, 0.15) is 20.8 Å². The molecular formula is C12H16FNO3. The van der Waals surface area contributed by atoms with E-state index >= 15 is 0 Å². The van der Waals surface area contributed by atoms with Crippen LogP contribution in [0, 0.1) is 5.82 Å². The lowest BCUT2D eigenvalue weighted by molar-refractivity contribution is -0.120. The molecular weight excluding hydrogens is 225 g/mol. The molecule has 1 aromatic carbocycles. The Labute approximate surface area is 99.9 Å². The maximum absolute atomic E-state index is 13.2. The van der Waals surface area contributed by atoms with Crippen LogP contribution in [0.15, 0.2) is 18.2 Å². The van der Waals surface area contributed by atoms with Crippen molar-refractivity contribution < 1.29 is 18.8 Å². The van der Waals surface area contributed by atoms with Crippen LogP contribution in [0.5, 0.6) is 5.75 Å². The van der Waals surface area contributed by atoms with Crippen LogP contribution in [0.2, 0.25) is 0 Å². The standard InChI is InChI=1S/C12H16FNO3/c1-12(2,3)17-14(8-15)9-5-6-10(13)11(7-9)16-4/h5-8H,1-4H3. The molecule has 0 aliphatic heterocycles. The van der Waals surface area contributed by atoms with Gasteiger partial charge in [0.15, 0.2) is 11.6 Å². The summed E-state index contributed by atoms with van der Waals surface area (Å²) in [5, 5.41) is 1.04. The minimum absolute atomic E-state index is 0.0619. The topological polar surface area (TPSA) is 38.8 Å². The molecule has 17 heavy (non-hydrogen) atoms. The van der Waals surface area contributed by atoms with Crippen LogP contribution < -0.4 is 9.80 Å². The van der Waals surface area contributed by atoms with Crippen molar-refractivity contribution in [3.8, 4) is 5.75 Å². The van der Waals surface area contributed by atoms with Gasteiger partial charge in [-0.15, -0.1) is 0 Å². The highest BCUT2D eigenvalue weighted by atomic mass is 19.1. The Morgan fingerprint density at radius 2 is 2.00 bits per heavy atom. The van der Waals surface area contributed by atoms with E-state index in [1.807, 2.05) is 20.8 Å². The van der Waals surface area contributed by atoms with E-state index in [2.05, 4.69) is 0 Å². The highest BCUT2D eigenvalue weighted by Gasteiger charge is 2.18. The average Bonchev–Trinajstić information content (AvgIpc) is 2.25. The molecule has 0 radical (unpaired) electrons. The van der Waals surface area contributed by atoms with Crippen LogP contribution in [0.4, 0.5) is 10.1 Å². The van der Waals surface area contributed by atoms with Gasteiger partial charge in [-0.3, -0.25) is 9.63 Å². The summed E-state index contributed by atoms with van der Waals surface area (Å²) in [6, 6.07) is 4.06. The summed E-state index contributed by atoms with van der Waals surface area (Å²) in [7, 11) is 1.36. The van der Waals surface area contributed by atoms with Crippen LogP contribution in [0.25, 0.3) is 0 Å². The van der Waals surface area contributed by atoms with Gasteiger partial charge in [-0.25, -0.2) is 4.39 Å². The average molecular weight is 241 g/mol. The number of hydroxylamine groups is 1. The van der Waals surface area contributed by atoms with Gasteiger partial charge >= 0.3 is 0 Å². The second kappa shape index (κ2) is 5.14. The highest BCUT2D eigenvalue weighted by molar-refractivity contribution is 5.73. The zero-order valence-corrected chi connectivity index (χ0v) is 10.4. The summed E-state index contributed by atoms with van der Waals surface area (Å²) >= 11 is 0. The molecule has 0 aliphatic carbocycles. The zero-order valence-electron chi connectivity index (χ0n) is 10.4. The molecule has 0 heterocycles. The van der Waals surface area contributed by atoms with E-state index < -0.39 is 11.4 Å². The van der Waals surface area contributed by atoms with Gasteiger partial charge in [-0.1, -0.05) is 0 Å². The molecule has 0 bridgehead atoms. The molecule has 1 aromatic rings. The summed E-state index contributed by atoms with van der Waals surface area (Å²) in [6.45, 7) is 5.43. The van der Waals surface area contributed by atoms with Crippen LogP contribution in [-0.4, -0.2) is 19.1 Å². The van der Waals surface area contributed by atoms with E-state index in [4.69, 9.17) is 9.57 Å². The van der Waals surface area contributed by atoms with E-state index in [0.29, 0.717) is 12.1 Å². The van der Waals surface area contributed by atoms with Gasteiger partial charge in [-0.05, 0) is 32.9 Å². The van der Waals surface area contributed by atoms with Crippen LogP contribution in [-0.2, 0) is 9.63 Å². The summed E-state index contributed by atoms with van der Waals surface area (Å²) in [5.41, 5.74) is -0.115. The fraction of sp³-hybridized carbons (Fsp3) is 0.417. The fourth-order valence-corrected chi connectivity index (χ4v) is 1.22. The number of carbonyl (C=O) groups excluding carboxylic acids is 1. The molecule has 94 valence electrons. The Balaban J connectivity index is 3.00. The Morgan fingerprint density at radius 3 is 2.47 bits per heavy atom. The lowest BCUT2D eigenvalue weighted by Gasteiger charge is -2.26. The predicted octanol–water partition coefficient (Wildman–Crippen LogP) is 2.53. The lowest BCUT2D eigenvalue weighted by atomic mass is 10.2. The van der Waals surface area contributed by atoms with Crippen molar-refractivity contribution in [2.45, 2.75) is 26.4 Å². The van der Waals surface area contributed by atoms with Gasteiger partial charge in [0.1, 0.15) is 0 Å². The normalized spacial score (nSPS) is 11.1. The Kier molecular flexibility index (Phi) is 4.07. The maximum Gasteiger partial charge on any atom is 0.238 e. The SMILES string of the molecule is COc1cc(N(C=O)OC(C)(C)C)ccc1F. The molecule has 1 amide bonds. The van der Waals surface area contributed by atoms with E-state index in [-0.39, 0.29) is 5.75 Å². The van der Waals surface area contributed by atoms with Gasteiger partial charge in [-0.2, -0.15) is 5.06 Å². The second-order valence-electron chi connectivity index (χ2n) is 4.45. The Bertz CT molecular complexity index is 401. The van der Waals surface area contributed by atoms with Gasteiger partial charge in [0, 0.05) is 6.07 Å². The van der Waals surface area contributed by atoms with Gasteiger partial charge in [0.05, 0.1) is 18.4 Å². The monoisotopic (exact) mass is 241 g/mol. The quantitative estimate of drug-likeness (QED) is 0.600. The minimum Gasteiger partial charge on any atom is -0.494 e. The van der Waals surface area contributed by atoms with Crippen molar-refractivity contribution in [2.24, 2.45) is 0 Å². The first-order valence-corrected chi connectivity index (χ1v) is 5.14. The fourth-order valence-electron chi connectivity index (χ4n) is 1.22. The molecule has 0 saturated carbocycles. The predicted molar refractivity (Wildman–Crippen MR) is 62.3 cm³/mol. The molecule has 0 unspecified atom stereocenters. The number of hydrogen-bond donors (Lipinski definition) is 0. The van der Waals surface area contributed by atoms with Crippen molar-refractivity contribution in [3.05, 3.63) is 24.0 Å². The number of ether oxygens (including phenoxy) is 1. The molecule has 0 saturated heterocycles. The molecule has 4 nitrogen and oxygen atoms in total. The molecule has 0 aliphatic rings. The second-order valence-corrected chi connectivity index (χ2v) is 4.45. The number of benzene rings is 1. The van der Waals surface area contributed by atoms with E-state index in [1.165, 1.54) is 25.3 Å². The minimum atomic E-state index is -0.525. The van der Waals surface area contributed by atoms with Crippen LogP contribution >= 0.6 is 0 Å². The van der Waals surface area contributed by atoms with Gasteiger partial charge < -0.3 is 4.74 Å². The van der Waals surface area contributed by atoms with Gasteiger partial charge in [0.2, 0.25) is 6.41 Å². The van der Waals surface area contributed by atoms with Crippen molar-refractivity contribution in [3.63, 3.8) is 0 Å². The van der Waals surface area contributed by atoms with Crippen molar-refractivity contribution in [2.75, 3.05) is 12.2 Å². The third-order valence-electron chi connectivity index (χ3n) is 1.86. The van der Waals surface area contributed by atoms with Gasteiger partial charge in [0.25, 0.3) is 0 Å². The molecule has 0 N–H and O–H groups in total. The largest absolute Gasteiger partial charge is 0.494 e. The molecule has 0 aromatic heterocycles. The summed E-state index contributed by atoms with van der Waals surface area (Å²) in [5.74, 6) is -0.426. The van der Waals surface area contributed by atoms with E-state index in [1.54, 1.807) is 0 Å². The number of carbonyl (C=O) groups is 1. The first-order valence-electron chi connectivity index (χ1n) is 5.14. The van der Waals surface area contributed by atoms with Crippen molar-refractivity contribution in [1.82, 2.24) is 0 Å². The summed E-state index contributed by atoms with van der Waals surface area (Å²) < 4.78 is 18.0. The Hall–Kier alpha value is -1.62. The molecule has 0 spiro atoms. The number of hydrogen-bond acceptors (Lipinski definition) is 3. The van der Waals surface area contributed by atoms with Crippen LogP contribution in [0.3, 0.4) is 0 Å². The highest BCUT2D eigenvalue weighted by Crippen LogP contribution is 2.25. The molecule has 5 heteroatoms. The smallest absolute Gasteiger partial charge is 0.238 e. The summed E-state index contributed by atoms with van der Waals surface area (Å²) in [6.07, 6.45) is 0.526. The number of halogens is 1. The van der Waals surface area contributed by atoms with E-state index in [9.17, 15) is 9.18 Å². The molecule has 0 atom stereocenters. The number of nitrogens with zero attached hydrogens (tertiary/aromatic N) is 1. The van der Waals surface area contributed by atoms with Crippen molar-refractivity contribution >= 4 is 12.1 Å². The first-order chi connectivity index (χ1) is 7.87. The van der Waals surface area contributed by atoms with Crippen molar-refractivity contribution in [1.29, 1.82) is 0 Å². The van der Waals surface area contributed by atoms with E-state index in [0.717, 1.165) is 5.06 Å². The zero-order chi connectivity index (χ0) is 13.1. The number of methoxy groups -OCH3 is 1. The number of amides is 1. The number of rotatable bonds is 4. The Morgan fingerprint density at radius 1 is 1.35 bits per heavy atom. The maximum atomic E-state index is 13.2. The summed E-state index contributed by atoms with van der Waals surface area (Å²) in [4.78, 5) is 16.3. The third kappa shape index (κ3) is 3.71. The lowest BCUT2D eigenvalue weighted by Crippen LogP contribution is -2.33. The molecule has 1 rings (SSSR count).